The van der Waals surface area contributed by atoms with Gasteiger partial charge < -0.3 is 5.32 Å². The molecular formula is C22H11Cl4FN2O2S. The molecule has 1 aliphatic rings. The molecule has 10 heteroatoms. The molecule has 0 radical (unpaired) electrons. The zero-order chi connectivity index (χ0) is 23.0. The number of halogens is 5. The van der Waals surface area contributed by atoms with Crippen LogP contribution in [-0.4, -0.2) is 11.8 Å². The van der Waals surface area contributed by atoms with E-state index in [0.717, 1.165) is 22.7 Å². The molecule has 0 fully saturated rings. The number of anilines is 2. The van der Waals surface area contributed by atoms with Crippen LogP contribution < -0.4 is 10.2 Å². The summed E-state index contributed by atoms with van der Waals surface area (Å²) < 4.78 is 13.6. The van der Waals surface area contributed by atoms with Gasteiger partial charge in [0, 0.05) is 15.6 Å². The molecule has 162 valence electrons. The van der Waals surface area contributed by atoms with Crippen molar-refractivity contribution in [1.82, 2.24) is 0 Å². The number of amides is 2. The SMILES string of the molecule is O=C1C(Nc2ccc(Cl)c(Cl)c2)=C(Sc2ccc(Cl)cc2)C(=O)N1c1ccc(F)c(Cl)c1. The number of thioether (sulfide) groups is 1. The Bertz CT molecular complexity index is 1280. The average molecular weight is 528 g/mol. The number of benzene rings is 3. The first kappa shape index (κ1) is 23.0. The van der Waals surface area contributed by atoms with E-state index in [1.165, 1.54) is 18.2 Å². The normalized spacial score (nSPS) is 13.8. The molecule has 1 N–H and O–H groups in total. The number of imide groups is 1. The second-order valence-corrected chi connectivity index (χ2v) is 9.30. The van der Waals surface area contributed by atoms with Crippen molar-refractivity contribution >= 4 is 81.4 Å². The Morgan fingerprint density at radius 2 is 1.50 bits per heavy atom. The first-order valence-electron chi connectivity index (χ1n) is 8.98. The molecule has 0 aliphatic carbocycles. The van der Waals surface area contributed by atoms with E-state index in [9.17, 15) is 14.0 Å². The Labute approximate surface area is 206 Å². The van der Waals surface area contributed by atoms with E-state index in [0.29, 0.717) is 20.6 Å². The monoisotopic (exact) mass is 526 g/mol. The third-order valence-electron chi connectivity index (χ3n) is 4.43. The van der Waals surface area contributed by atoms with Gasteiger partial charge in [0.05, 0.1) is 20.8 Å². The molecule has 0 atom stereocenters. The van der Waals surface area contributed by atoms with Gasteiger partial charge in [-0.25, -0.2) is 9.29 Å². The number of rotatable bonds is 5. The van der Waals surface area contributed by atoms with Crippen LogP contribution in [0.5, 0.6) is 0 Å². The van der Waals surface area contributed by atoms with Gasteiger partial charge in [-0.3, -0.25) is 9.59 Å². The number of hydrogen-bond acceptors (Lipinski definition) is 4. The van der Waals surface area contributed by atoms with Crippen molar-refractivity contribution in [3.63, 3.8) is 0 Å². The molecule has 0 bridgehead atoms. The standard InChI is InChI=1S/C22H11Cl4FN2O2S/c23-11-1-5-14(6-2-11)32-20-19(28-12-3-7-15(24)16(25)9-12)21(30)29(22(20)31)13-4-8-18(27)17(26)10-13/h1-10,28H. The third-order valence-corrected chi connectivity index (χ3v) is 6.80. The largest absolute Gasteiger partial charge is 0.350 e. The molecule has 3 aromatic rings. The van der Waals surface area contributed by atoms with E-state index < -0.39 is 17.6 Å². The van der Waals surface area contributed by atoms with E-state index >= 15 is 0 Å². The Balaban J connectivity index is 1.76. The van der Waals surface area contributed by atoms with Gasteiger partial charge in [-0.05, 0) is 60.7 Å². The van der Waals surface area contributed by atoms with Gasteiger partial charge in [0.15, 0.2) is 0 Å². The minimum Gasteiger partial charge on any atom is -0.350 e. The lowest BCUT2D eigenvalue weighted by Crippen LogP contribution is -2.32. The molecule has 4 rings (SSSR count). The van der Waals surface area contributed by atoms with Crippen molar-refractivity contribution in [2.24, 2.45) is 0 Å². The summed E-state index contributed by atoms with van der Waals surface area (Å²) in [6.45, 7) is 0. The summed E-state index contributed by atoms with van der Waals surface area (Å²) in [7, 11) is 0. The Kier molecular flexibility index (Phi) is 6.70. The van der Waals surface area contributed by atoms with Gasteiger partial charge in [-0.15, -0.1) is 0 Å². The third kappa shape index (κ3) is 4.60. The van der Waals surface area contributed by atoms with Crippen molar-refractivity contribution in [3.05, 3.63) is 97.2 Å². The van der Waals surface area contributed by atoms with E-state index in [1.807, 2.05) is 0 Å². The number of hydrogen-bond donors (Lipinski definition) is 1. The van der Waals surface area contributed by atoms with Gasteiger partial charge in [0.1, 0.15) is 16.4 Å². The molecule has 2 amide bonds. The Hall–Kier alpha value is -2.22. The second kappa shape index (κ2) is 9.33. The van der Waals surface area contributed by atoms with Crippen LogP contribution in [0.1, 0.15) is 0 Å². The van der Waals surface area contributed by atoms with Crippen LogP contribution in [0.4, 0.5) is 15.8 Å². The lowest BCUT2D eigenvalue weighted by molar-refractivity contribution is -0.120. The van der Waals surface area contributed by atoms with Gasteiger partial charge >= 0.3 is 0 Å². The molecule has 0 unspecified atom stereocenters. The summed E-state index contributed by atoms with van der Waals surface area (Å²) in [4.78, 5) is 28.3. The van der Waals surface area contributed by atoms with Crippen LogP contribution in [0.25, 0.3) is 0 Å². The smallest absolute Gasteiger partial charge is 0.283 e. The lowest BCUT2D eigenvalue weighted by Gasteiger charge is -2.16. The fourth-order valence-electron chi connectivity index (χ4n) is 2.91. The number of carbonyl (C=O) groups is 2. The average Bonchev–Trinajstić information content (AvgIpc) is 2.98. The van der Waals surface area contributed by atoms with Crippen LogP contribution >= 0.6 is 58.2 Å². The predicted octanol–water partition coefficient (Wildman–Crippen LogP) is 7.43. The topological polar surface area (TPSA) is 49.4 Å². The minimum absolute atomic E-state index is 0.0359. The Morgan fingerprint density at radius 1 is 0.781 bits per heavy atom. The first-order chi connectivity index (χ1) is 15.2. The highest BCUT2D eigenvalue weighted by atomic mass is 35.5. The predicted molar refractivity (Wildman–Crippen MR) is 128 cm³/mol. The maximum Gasteiger partial charge on any atom is 0.283 e. The Morgan fingerprint density at radius 3 is 2.16 bits per heavy atom. The zero-order valence-electron chi connectivity index (χ0n) is 15.8. The number of nitrogens with zero attached hydrogens (tertiary/aromatic N) is 1. The van der Waals surface area contributed by atoms with Crippen molar-refractivity contribution in [3.8, 4) is 0 Å². The second-order valence-electron chi connectivity index (χ2n) is 6.56. The number of carbonyl (C=O) groups excluding carboxylic acids is 2. The van der Waals surface area contributed by atoms with Crippen molar-refractivity contribution in [2.45, 2.75) is 4.90 Å². The fraction of sp³-hybridized carbons (Fsp3) is 0. The summed E-state index contributed by atoms with van der Waals surface area (Å²) in [5, 5.41) is 3.92. The molecule has 4 nitrogen and oxygen atoms in total. The van der Waals surface area contributed by atoms with E-state index in [4.69, 9.17) is 46.4 Å². The molecule has 1 heterocycles. The van der Waals surface area contributed by atoms with Crippen LogP contribution in [0.15, 0.2) is 76.2 Å². The highest BCUT2D eigenvalue weighted by molar-refractivity contribution is 8.04. The van der Waals surface area contributed by atoms with E-state index in [-0.39, 0.29) is 26.3 Å². The molecule has 0 saturated carbocycles. The van der Waals surface area contributed by atoms with Gasteiger partial charge in [-0.2, -0.15) is 0 Å². The summed E-state index contributed by atoms with van der Waals surface area (Å²) in [6, 6.07) is 15.2. The summed E-state index contributed by atoms with van der Waals surface area (Å²) in [5.74, 6) is -1.87. The maximum atomic E-state index is 13.6. The van der Waals surface area contributed by atoms with Gasteiger partial charge in [-0.1, -0.05) is 58.2 Å². The molecule has 1 aliphatic heterocycles. The van der Waals surface area contributed by atoms with Crippen LogP contribution in [0, 0.1) is 5.82 Å². The summed E-state index contributed by atoms with van der Waals surface area (Å²) in [5.41, 5.74) is 0.643. The summed E-state index contributed by atoms with van der Waals surface area (Å²) in [6.07, 6.45) is 0. The molecule has 0 spiro atoms. The van der Waals surface area contributed by atoms with Crippen molar-refractivity contribution in [1.29, 1.82) is 0 Å². The lowest BCUT2D eigenvalue weighted by atomic mass is 10.2. The highest BCUT2D eigenvalue weighted by Gasteiger charge is 2.40. The van der Waals surface area contributed by atoms with Crippen LogP contribution in [-0.2, 0) is 9.59 Å². The van der Waals surface area contributed by atoms with E-state index in [2.05, 4.69) is 5.32 Å². The molecule has 32 heavy (non-hydrogen) atoms. The van der Waals surface area contributed by atoms with Crippen LogP contribution in [0.3, 0.4) is 0 Å². The van der Waals surface area contributed by atoms with Gasteiger partial charge in [0.2, 0.25) is 0 Å². The fourth-order valence-corrected chi connectivity index (χ4v) is 4.44. The first-order valence-corrected chi connectivity index (χ1v) is 11.3. The number of nitrogens with one attached hydrogen (secondary N) is 1. The zero-order valence-corrected chi connectivity index (χ0v) is 19.7. The van der Waals surface area contributed by atoms with Gasteiger partial charge in [0.25, 0.3) is 11.8 Å². The van der Waals surface area contributed by atoms with Crippen molar-refractivity contribution < 1.29 is 14.0 Å². The highest BCUT2D eigenvalue weighted by Crippen LogP contribution is 2.39. The quantitative estimate of drug-likeness (QED) is 0.350. The summed E-state index contributed by atoms with van der Waals surface area (Å²) >= 11 is 25.0. The molecule has 0 saturated heterocycles. The van der Waals surface area contributed by atoms with E-state index in [1.54, 1.807) is 36.4 Å². The maximum absolute atomic E-state index is 13.6. The molecule has 3 aromatic carbocycles. The molecule has 0 aromatic heterocycles. The minimum atomic E-state index is -0.660. The molecular weight excluding hydrogens is 517 g/mol. The van der Waals surface area contributed by atoms with Crippen LogP contribution in [0.2, 0.25) is 20.1 Å². The van der Waals surface area contributed by atoms with Crippen molar-refractivity contribution in [2.75, 3.05) is 10.2 Å².